The van der Waals surface area contributed by atoms with Crippen LogP contribution in [-0.4, -0.2) is 20.4 Å². The smallest absolute Gasteiger partial charge is 0.291 e. The van der Waals surface area contributed by atoms with Gasteiger partial charge in [-0.2, -0.15) is 0 Å². The van der Waals surface area contributed by atoms with E-state index in [9.17, 15) is 13.2 Å². The molecule has 0 radical (unpaired) electrons. The number of benzene rings is 1. The van der Waals surface area contributed by atoms with Crippen molar-refractivity contribution in [1.29, 1.82) is 0 Å². The Morgan fingerprint density at radius 2 is 2.00 bits per heavy atom. The van der Waals surface area contributed by atoms with Gasteiger partial charge in [0, 0.05) is 16.8 Å². The number of amides is 1. The van der Waals surface area contributed by atoms with E-state index in [4.69, 9.17) is 16.0 Å². The predicted octanol–water partition coefficient (Wildman–Crippen LogP) is 2.93. The maximum Gasteiger partial charge on any atom is 0.291 e. The number of hydrogen-bond acceptors (Lipinski definition) is 4. The van der Waals surface area contributed by atoms with Gasteiger partial charge in [-0.1, -0.05) is 17.7 Å². The molecule has 0 spiro atoms. The summed E-state index contributed by atoms with van der Waals surface area (Å²) in [6.45, 7) is 1.77. The number of sulfonamides is 1. The van der Waals surface area contributed by atoms with Gasteiger partial charge >= 0.3 is 0 Å². The van der Waals surface area contributed by atoms with E-state index in [1.807, 2.05) is 0 Å². The van der Waals surface area contributed by atoms with E-state index in [1.54, 1.807) is 25.1 Å². The summed E-state index contributed by atoms with van der Waals surface area (Å²) in [5.74, 6) is -0.621. The summed E-state index contributed by atoms with van der Waals surface area (Å²) in [6, 6.07) is 7.70. The normalized spacial score (nSPS) is 14.7. The molecule has 1 aliphatic carbocycles. The van der Waals surface area contributed by atoms with Crippen molar-refractivity contribution in [2.75, 3.05) is 5.32 Å². The Kier molecular flexibility index (Phi) is 4.18. The summed E-state index contributed by atoms with van der Waals surface area (Å²) in [5, 5.41) is 2.91. The number of halogens is 1. The first kappa shape index (κ1) is 16.0. The minimum absolute atomic E-state index is 0.0310. The van der Waals surface area contributed by atoms with Crippen molar-refractivity contribution in [3.63, 3.8) is 0 Å². The molecule has 0 bridgehead atoms. The Morgan fingerprint density at radius 1 is 1.26 bits per heavy atom. The lowest BCUT2D eigenvalue weighted by Crippen LogP contribution is -2.25. The number of nitrogens with one attached hydrogen (secondary N) is 2. The fraction of sp³-hybridized carbons (Fsp3) is 0.267. The molecule has 23 heavy (non-hydrogen) atoms. The van der Waals surface area contributed by atoms with E-state index in [-0.39, 0.29) is 16.9 Å². The molecule has 122 valence electrons. The Balaban J connectivity index is 1.77. The number of rotatable bonds is 5. The zero-order valence-corrected chi connectivity index (χ0v) is 13.9. The van der Waals surface area contributed by atoms with E-state index >= 15 is 0 Å². The second-order valence-corrected chi connectivity index (χ2v) is 7.43. The highest BCUT2D eigenvalue weighted by atomic mass is 35.5. The lowest BCUT2D eigenvalue weighted by Gasteiger charge is -2.08. The van der Waals surface area contributed by atoms with E-state index in [1.165, 1.54) is 12.1 Å². The van der Waals surface area contributed by atoms with Crippen molar-refractivity contribution in [3.8, 4) is 0 Å². The molecule has 1 fully saturated rings. The molecule has 1 aromatic carbocycles. The molecule has 2 aromatic rings. The number of furan rings is 1. The van der Waals surface area contributed by atoms with Gasteiger partial charge in [0.1, 0.15) is 0 Å². The Bertz CT molecular complexity index is 856. The number of carbonyl (C=O) groups excluding carboxylic acids is 1. The number of anilines is 1. The highest BCUT2D eigenvalue weighted by molar-refractivity contribution is 7.89. The van der Waals surface area contributed by atoms with Crippen LogP contribution in [0.2, 0.25) is 5.02 Å². The molecule has 6 nitrogen and oxygen atoms in total. The average Bonchev–Trinajstić information content (AvgIpc) is 3.14. The molecule has 0 atom stereocenters. The van der Waals surface area contributed by atoms with Gasteiger partial charge in [-0.25, -0.2) is 13.1 Å². The van der Waals surface area contributed by atoms with Gasteiger partial charge in [-0.15, -0.1) is 0 Å². The highest BCUT2D eigenvalue weighted by Crippen LogP contribution is 2.25. The summed E-state index contributed by atoms with van der Waals surface area (Å²) in [4.78, 5) is 12.2. The molecule has 8 heteroatoms. The topological polar surface area (TPSA) is 88.4 Å². The summed E-state index contributed by atoms with van der Waals surface area (Å²) < 4.78 is 31.7. The summed E-state index contributed by atoms with van der Waals surface area (Å²) in [6.07, 6.45) is 1.64. The quantitative estimate of drug-likeness (QED) is 0.864. The van der Waals surface area contributed by atoms with Gasteiger partial charge in [0.15, 0.2) is 5.76 Å². The monoisotopic (exact) mass is 354 g/mol. The van der Waals surface area contributed by atoms with Crippen LogP contribution in [0.5, 0.6) is 0 Å². The maximum absolute atomic E-state index is 12.2. The molecule has 1 saturated carbocycles. The van der Waals surface area contributed by atoms with Crippen LogP contribution in [0.4, 0.5) is 5.69 Å². The third-order valence-electron chi connectivity index (χ3n) is 3.49. The molecule has 2 N–H and O–H groups in total. The van der Waals surface area contributed by atoms with E-state index in [0.717, 1.165) is 18.4 Å². The van der Waals surface area contributed by atoms with Crippen LogP contribution in [0, 0.1) is 6.92 Å². The fourth-order valence-corrected chi connectivity index (χ4v) is 3.40. The van der Waals surface area contributed by atoms with E-state index < -0.39 is 15.9 Å². The van der Waals surface area contributed by atoms with Crippen molar-refractivity contribution in [3.05, 3.63) is 46.7 Å². The van der Waals surface area contributed by atoms with Gasteiger partial charge < -0.3 is 9.73 Å². The van der Waals surface area contributed by atoms with Crippen LogP contribution in [-0.2, 0) is 10.0 Å². The molecule has 1 amide bonds. The molecule has 0 aliphatic heterocycles. The maximum atomic E-state index is 12.2. The number of hydrogen-bond donors (Lipinski definition) is 2. The molecule has 1 aromatic heterocycles. The zero-order valence-electron chi connectivity index (χ0n) is 12.3. The van der Waals surface area contributed by atoms with Crippen LogP contribution in [0.3, 0.4) is 0 Å². The largest absolute Gasteiger partial charge is 0.438 e. The first-order chi connectivity index (χ1) is 10.9. The minimum Gasteiger partial charge on any atom is -0.438 e. The Labute approximate surface area is 138 Å². The van der Waals surface area contributed by atoms with Gasteiger partial charge in [-0.3, -0.25) is 4.79 Å². The third-order valence-corrected chi connectivity index (χ3v) is 5.29. The first-order valence-electron chi connectivity index (χ1n) is 7.05. The fourth-order valence-electron chi connectivity index (χ4n) is 1.99. The lowest BCUT2D eigenvalue weighted by atomic mass is 10.2. The van der Waals surface area contributed by atoms with Crippen LogP contribution < -0.4 is 10.0 Å². The molecule has 3 rings (SSSR count). The van der Waals surface area contributed by atoms with Crippen molar-refractivity contribution in [1.82, 2.24) is 4.72 Å². The molecule has 0 saturated heterocycles. The summed E-state index contributed by atoms with van der Waals surface area (Å²) in [5.41, 5.74) is 1.26. The predicted molar refractivity (Wildman–Crippen MR) is 86.2 cm³/mol. The van der Waals surface area contributed by atoms with Crippen LogP contribution >= 0.6 is 11.6 Å². The summed E-state index contributed by atoms with van der Waals surface area (Å²) >= 11 is 6.00. The van der Waals surface area contributed by atoms with Gasteiger partial charge in [0.2, 0.25) is 5.09 Å². The van der Waals surface area contributed by atoms with Crippen molar-refractivity contribution >= 4 is 33.2 Å². The molecule has 1 aliphatic rings. The summed E-state index contributed by atoms with van der Waals surface area (Å²) in [7, 11) is -3.72. The second kappa shape index (κ2) is 5.99. The Morgan fingerprint density at radius 3 is 2.70 bits per heavy atom. The van der Waals surface area contributed by atoms with Crippen molar-refractivity contribution < 1.29 is 17.6 Å². The Hall–Kier alpha value is -1.83. The second-order valence-electron chi connectivity index (χ2n) is 5.38. The van der Waals surface area contributed by atoms with Gasteiger partial charge in [-0.05, 0) is 49.6 Å². The van der Waals surface area contributed by atoms with Crippen LogP contribution in [0.15, 0.2) is 39.8 Å². The third kappa shape index (κ3) is 3.57. The van der Waals surface area contributed by atoms with E-state index in [2.05, 4.69) is 10.0 Å². The van der Waals surface area contributed by atoms with Gasteiger partial charge in [0.05, 0.1) is 0 Å². The highest BCUT2D eigenvalue weighted by Gasteiger charge is 2.30. The number of carbonyl (C=O) groups is 1. The molecule has 1 heterocycles. The standard InChI is InChI=1S/C15H15ClN2O4S/c1-9-11(16)3-2-4-12(9)17-15(19)13-7-8-14(22-13)23(20,21)18-10-5-6-10/h2-4,7-8,10,18H,5-6H2,1H3,(H,17,19). The molecular formula is C15H15ClN2O4S. The zero-order chi connectivity index (χ0) is 16.6. The average molecular weight is 355 g/mol. The molecule has 0 unspecified atom stereocenters. The molecular weight excluding hydrogens is 340 g/mol. The van der Waals surface area contributed by atoms with Crippen LogP contribution in [0.25, 0.3) is 0 Å². The van der Waals surface area contributed by atoms with E-state index in [0.29, 0.717) is 10.7 Å². The minimum atomic E-state index is -3.72. The SMILES string of the molecule is Cc1c(Cl)cccc1NC(=O)c1ccc(S(=O)(=O)NC2CC2)o1. The van der Waals surface area contributed by atoms with Crippen molar-refractivity contribution in [2.24, 2.45) is 0 Å². The van der Waals surface area contributed by atoms with Crippen LogP contribution in [0.1, 0.15) is 29.0 Å². The van der Waals surface area contributed by atoms with Gasteiger partial charge in [0.25, 0.3) is 15.9 Å². The van der Waals surface area contributed by atoms with Crippen molar-refractivity contribution in [2.45, 2.75) is 30.9 Å². The lowest BCUT2D eigenvalue weighted by molar-refractivity contribution is 0.0991. The first-order valence-corrected chi connectivity index (χ1v) is 8.91.